The number of aliphatic hydroxyl groups is 1. The van der Waals surface area contributed by atoms with Gasteiger partial charge in [-0.1, -0.05) is 0 Å². The molecule has 0 aliphatic rings. The van der Waals surface area contributed by atoms with Gasteiger partial charge in [-0.2, -0.15) is 0 Å². The second-order valence-corrected chi connectivity index (χ2v) is 5.12. The number of hydrogen-bond donors (Lipinski definition) is 1. The first kappa shape index (κ1) is 14.2. The molecule has 1 N–H and O–H groups in total. The van der Waals surface area contributed by atoms with E-state index >= 15 is 0 Å². The molecule has 0 aliphatic heterocycles. The zero-order chi connectivity index (χ0) is 12.3. The third-order valence-electron chi connectivity index (χ3n) is 1.04. The SMILES string of the molecule is CC(C)(C)OC(=O)OC(O)OC(C)(C)C. The van der Waals surface area contributed by atoms with E-state index in [0.717, 1.165) is 0 Å². The molecule has 0 radical (unpaired) electrons. The van der Waals surface area contributed by atoms with E-state index in [-0.39, 0.29) is 0 Å². The lowest BCUT2D eigenvalue weighted by Gasteiger charge is -2.24. The Bertz CT molecular complexity index is 211. The molecule has 0 rings (SSSR count). The standard InChI is InChI=1S/C10H20O5/c1-9(2,3)14-7(11)13-8(12)15-10(4,5)6/h7,11H,1-6H3. The normalized spacial score (nSPS) is 14.6. The first-order chi connectivity index (χ1) is 6.49. The smallest absolute Gasteiger partial charge is 0.428 e. The third kappa shape index (κ3) is 9.49. The summed E-state index contributed by atoms with van der Waals surface area (Å²) in [7, 11) is 0. The number of hydrogen-bond acceptors (Lipinski definition) is 5. The molecular weight excluding hydrogens is 200 g/mol. The van der Waals surface area contributed by atoms with Crippen molar-refractivity contribution in [1.82, 2.24) is 0 Å². The highest BCUT2D eigenvalue weighted by atomic mass is 16.9. The zero-order valence-electron chi connectivity index (χ0n) is 10.2. The molecule has 0 amide bonds. The van der Waals surface area contributed by atoms with Gasteiger partial charge in [0, 0.05) is 0 Å². The van der Waals surface area contributed by atoms with Crippen LogP contribution < -0.4 is 0 Å². The lowest BCUT2D eigenvalue weighted by atomic mass is 10.2. The van der Waals surface area contributed by atoms with Crippen LogP contribution in [0.3, 0.4) is 0 Å². The van der Waals surface area contributed by atoms with E-state index in [1.165, 1.54) is 0 Å². The summed E-state index contributed by atoms with van der Waals surface area (Å²) < 4.78 is 14.3. The molecule has 0 saturated heterocycles. The summed E-state index contributed by atoms with van der Waals surface area (Å²) in [6.07, 6.45) is -0.959. The van der Waals surface area contributed by atoms with Crippen molar-refractivity contribution in [2.24, 2.45) is 0 Å². The van der Waals surface area contributed by atoms with E-state index in [0.29, 0.717) is 0 Å². The van der Waals surface area contributed by atoms with Crippen LogP contribution in [0.15, 0.2) is 0 Å². The molecule has 0 bridgehead atoms. The van der Waals surface area contributed by atoms with Crippen molar-refractivity contribution in [3.63, 3.8) is 0 Å². The quantitative estimate of drug-likeness (QED) is 0.569. The minimum Gasteiger partial charge on any atom is -0.428 e. The molecule has 0 fully saturated rings. The van der Waals surface area contributed by atoms with Gasteiger partial charge in [0.05, 0.1) is 5.60 Å². The van der Waals surface area contributed by atoms with E-state index < -0.39 is 23.8 Å². The second kappa shape index (κ2) is 4.81. The zero-order valence-corrected chi connectivity index (χ0v) is 10.2. The maximum Gasteiger partial charge on any atom is 0.512 e. The Morgan fingerprint density at radius 1 is 1.07 bits per heavy atom. The van der Waals surface area contributed by atoms with Crippen LogP contribution in [-0.2, 0) is 14.2 Å². The third-order valence-corrected chi connectivity index (χ3v) is 1.04. The molecule has 90 valence electrons. The summed E-state index contributed by atoms with van der Waals surface area (Å²) in [5, 5.41) is 9.21. The molecule has 0 aromatic heterocycles. The van der Waals surface area contributed by atoms with Crippen molar-refractivity contribution < 1.29 is 24.1 Å². The highest BCUT2D eigenvalue weighted by Crippen LogP contribution is 2.13. The predicted molar refractivity (Wildman–Crippen MR) is 54.2 cm³/mol. The van der Waals surface area contributed by atoms with Gasteiger partial charge in [0.2, 0.25) is 0 Å². The summed E-state index contributed by atoms with van der Waals surface area (Å²) >= 11 is 0. The molecule has 0 aromatic rings. The fourth-order valence-electron chi connectivity index (χ4n) is 0.683. The lowest BCUT2D eigenvalue weighted by molar-refractivity contribution is -0.280. The average Bonchev–Trinajstić information content (AvgIpc) is 1.73. The van der Waals surface area contributed by atoms with Crippen LogP contribution in [0.5, 0.6) is 0 Å². The van der Waals surface area contributed by atoms with Gasteiger partial charge in [-0.15, -0.1) is 0 Å². The van der Waals surface area contributed by atoms with E-state index in [1.807, 2.05) is 0 Å². The molecule has 5 nitrogen and oxygen atoms in total. The van der Waals surface area contributed by atoms with E-state index in [2.05, 4.69) is 4.74 Å². The summed E-state index contributed by atoms with van der Waals surface area (Å²) in [4.78, 5) is 11.1. The molecule has 0 heterocycles. The number of rotatable bonds is 2. The molecule has 0 saturated carbocycles. The van der Waals surface area contributed by atoms with Crippen LogP contribution >= 0.6 is 0 Å². The molecule has 15 heavy (non-hydrogen) atoms. The minimum absolute atomic E-state index is 0.596. The molecule has 0 spiro atoms. The average molecular weight is 220 g/mol. The minimum atomic E-state index is -1.61. The second-order valence-electron chi connectivity index (χ2n) is 5.12. The van der Waals surface area contributed by atoms with Crippen molar-refractivity contribution >= 4 is 6.16 Å². The number of aliphatic hydroxyl groups excluding tert-OH is 1. The van der Waals surface area contributed by atoms with Gasteiger partial charge in [0.15, 0.2) is 0 Å². The van der Waals surface area contributed by atoms with Crippen molar-refractivity contribution in [3.05, 3.63) is 0 Å². The first-order valence-corrected chi connectivity index (χ1v) is 4.75. The summed E-state index contributed by atoms with van der Waals surface area (Å²) in [6, 6.07) is 0. The lowest BCUT2D eigenvalue weighted by Crippen LogP contribution is -2.33. The highest BCUT2D eigenvalue weighted by Gasteiger charge is 2.23. The fourth-order valence-corrected chi connectivity index (χ4v) is 0.683. The highest BCUT2D eigenvalue weighted by molar-refractivity contribution is 5.60. The van der Waals surface area contributed by atoms with E-state index in [9.17, 15) is 9.90 Å². The maximum absolute atomic E-state index is 11.1. The Morgan fingerprint density at radius 3 is 1.87 bits per heavy atom. The van der Waals surface area contributed by atoms with Crippen LogP contribution in [0.25, 0.3) is 0 Å². The molecule has 1 unspecified atom stereocenters. The Labute approximate surface area is 90.3 Å². The molecule has 0 aromatic carbocycles. The van der Waals surface area contributed by atoms with Gasteiger partial charge in [0.1, 0.15) is 5.60 Å². The van der Waals surface area contributed by atoms with Gasteiger partial charge in [0.25, 0.3) is 0 Å². The van der Waals surface area contributed by atoms with Crippen LogP contribution in [0.1, 0.15) is 41.5 Å². The topological polar surface area (TPSA) is 65.0 Å². The monoisotopic (exact) mass is 220 g/mol. The van der Waals surface area contributed by atoms with Crippen LogP contribution in [-0.4, -0.2) is 28.9 Å². The van der Waals surface area contributed by atoms with Gasteiger partial charge in [-0.05, 0) is 41.5 Å². The van der Waals surface area contributed by atoms with Crippen molar-refractivity contribution in [2.75, 3.05) is 0 Å². The Balaban J connectivity index is 3.98. The molecule has 1 atom stereocenters. The summed E-state index contributed by atoms with van der Waals surface area (Å²) in [6.45, 7) is 8.68. The van der Waals surface area contributed by atoms with Crippen molar-refractivity contribution in [1.29, 1.82) is 0 Å². The molecule has 0 aliphatic carbocycles. The van der Waals surface area contributed by atoms with Crippen LogP contribution in [0, 0.1) is 0 Å². The van der Waals surface area contributed by atoms with Gasteiger partial charge < -0.3 is 19.3 Å². The van der Waals surface area contributed by atoms with Gasteiger partial charge in [-0.3, -0.25) is 0 Å². The van der Waals surface area contributed by atoms with Crippen molar-refractivity contribution in [3.8, 4) is 0 Å². The summed E-state index contributed by atoms with van der Waals surface area (Å²) in [5.41, 5.74) is -1.25. The first-order valence-electron chi connectivity index (χ1n) is 4.75. The maximum atomic E-state index is 11.1. The number of ether oxygens (including phenoxy) is 3. The number of carbonyl (C=O) groups is 1. The predicted octanol–water partition coefficient (Wildman–Crippen LogP) is 2.03. The van der Waals surface area contributed by atoms with Gasteiger partial charge in [-0.25, -0.2) is 4.79 Å². The summed E-state index contributed by atoms with van der Waals surface area (Å²) in [5.74, 6) is 0. The van der Waals surface area contributed by atoms with Crippen LogP contribution in [0.2, 0.25) is 0 Å². The molecular formula is C10H20O5. The number of carbonyl (C=O) groups excluding carboxylic acids is 1. The van der Waals surface area contributed by atoms with Gasteiger partial charge >= 0.3 is 12.6 Å². The fraction of sp³-hybridized carbons (Fsp3) is 0.900. The Hall–Kier alpha value is -0.810. The van der Waals surface area contributed by atoms with Crippen molar-refractivity contribution in [2.45, 2.75) is 59.2 Å². The Morgan fingerprint density at radius 2 is 1.53 bits per heavy atom. The van der Waals surface area contributed by atoms with Crippen LogP contribution in [0.4, 0.5) is 4.79 Å². The van der Waals surface area contributed by atoms with E-state index in [4.69, 9.17) is 9.47 Å². The Kier molecular flexibility index (Phi) is 4.55. The molecule has 5 heteroatoms. The largest absolute Gasteiger partial charge is 0.512 e. The van der Waals surface area contributed by atoms with E-state index in [1.54, 1.807) is 41.5 Å².